The molecule has 0 saturated heterocycles. The maximum absolute atomic E-state index is 12.8. The summed E-state index contributed by atoms with van der Waals surface area (Å²) in [5.74, 6) is -0.233. The molecule has 0 aromatic heterocycles. The molecule has 25 heavy (non-hydrogen) atoms. The fourth-order valence-electron chi connectivity index (χ4n) is 2.68. The first-order valence-electron chi connectivity index (χ1n) is 8.92. The molecule has 0 aliphatic rings. The van der Waals surface area contributed by atoms with Crippen LogP contribution in [-0.4, -0.2) is 24.9 Å². The fraction of sp³-hybridized carbons (Fsp3) is 0.333. The minimum atomic E-state index is -0.131. The zero-order valence-electron chi connectivity index (χ0n) is 15.0. The number of hydrogen-bond acceptors (Lipinski definition) is 2. The van der Waals surface area contributed by atoms with Gasteiger partial charge < -0.3 is 10.2 Å². The lowest BCUT2D eigenvalue weighted by atomic mass is 10.1. The number of amides is 2. The second kappa shape index (κ2) is 9.62. The van der Waals surface area contributed by atoms with E-state index in [1.807, 2.05) is 37.3 Å². The summed E-state index contributed by atoms with van der Waals surface area (Å²) < 4.78 is 0. The summed E-state index contributed by atoms with van der Waals surface area (Å²) in [5.41, 5.74) is 1.89. The Kier molecular flexibility index (Phi) is 7.20. The number of benzene rings is 2. The Labute approximate surface area is 149 Å². The second-order valence-corrected chi connectivity index (χ2v) is 5.93. The summed E-state index contributed by atoms with van der Waals surface area (Å²) in [6, 6.07) is 16.5. The first kappa shape index (κ1) is 18.7. The number of para-hydroxylation sites is 1. The van der Waals surface area contributed by atoms with Crippen LogP contribution in [0.15, 0.2) is 54.6 Å². The van der Waals surface area contributed by atoms with Crippen molar-refractivity contribution in [1.82, 2.24) is 5.32 Å². The van der Waals surface area contributed by atoms with Crippen molar-refractivity contribution in [3.63, 3.8) is 0 Å². The lowest BCUT2D eigenvalue weighted by molar-refractivity contribution is 0.0953. The molecule has 0 unspecified atom stereocenters. The molecule has 0 aliphatic carbocycles. The highest BCUT2D eigenvalue weighted by atomic mass is 16.2. The molecule has 0 bridgehead atoms. The van der Waals surface area contributed by atoms with E-state index in [0.29, 0.717) is 24.2 Å². The SMILES string of the molecule is CCCCCNC(=O)c1cccc(C(=O)N(CC)c2ccccc2)c1. The van der Waals surface area contributed by atoms with E-state index >= 15 is 0 Å². The number of carbonyl (C=O) groups excluding carboxylic acids is 2. The maximum Gasteiger partial charge on any atom is 0.258 e. The van der Waals surface area contributed by atoms with Gasteiger partial charge in [0.15, 0.2) is 0 Å². The Morgan fingerprint density at radius 2 is 1.64 bits per heavy atom. The molecule has 2 aromatic carbocycles. The number of hydrogen-bond donors (Lipinski definition) is 1. The first-order valence-corrected chi connectivity index (χ1v) is 8.92. The van der Waals surface area contributed by atoms with Crippen molar-refractivity contribution in [2.45, 2.75) is 33.1 Å². The van der Waals surface area contributed by atoms with E-state index < -0.39 is 0 Å². The summed E-state index contributed by atoms with van der Waals surface area (Å²) in [6.45, 7) is 5.30. The number of nitrogens with one attached hydrogen (secondary N) is 1. The predicted molar refractivity (Wildman–Crippen MR) is 102 cm³/mol. The van der Waals surface area contributed by atoms with E-state index in [-0.39, 0.29) is 11.8 Å². The average Bonchev–Trinajstić information content (AvgIpc) is 2.66. The number of carbonyl (C=O) groups is 2. The van der Waals surface area contributed by atoms with Gasteiger partial charge in [0, 0.05) is 29.9 Å². The van der Waals surface area contributed by atoms with E-state index in [0.717, 1.165) is 24.9 Å². The zero-order valence-corrected chi connectivity index (χ0v) is 15.0. The molecule has 0 saturated carbocycles. The molecule has 2 amide bonds. The molecule has 2 rings (SSSR count). The molecule has 4 nitrogen and oxygen atoms in total. The first-order chi connectivity index (χ1) is 12.2. The largest absolute Gasteiger partial charge is 0.352 e. The molecule has 0 aliphatic heterocycles. The molecule has 0 radical (unpaired) electrons. The monoisotopic (exact) mass is 338 g/mol. The van der Waals surface area contributed by atoms with Crippen molar-refractivity contribution >= 4 is 17.5 Å². The maximum atomic E-state index is 12.8. The van der Waals surface area contributed by atoms with E-state index in [1.54, 1.807) is 29.2 Å². The van der Waals surface area contributed by atoms with Crippen molar-refractivity contribution in [3.8, 4) is 0 Å². The van der Waals surface area contributed by atoms with Crippen LogP contribution in [-0.2, 0) is 0 Å². The predicted octanol–water partition coefficient (Wildman–Crippen LogP) is 4.27. The van der Waals surface area contributed by atoms with Crippen molar-refractivity contribution in [3.05, 3.63) is 65.7 Å². The Morgan fingerprint density at radius 3 is 2.32 bits per heavy atom. The molecule has 0 spiro atoms. The van der Waals surface area contributed by atoms with Crippen LogP contribution in [0.1, 0.15) is 53.8 Å². The fourth-order valence-corrected chi connectivity index (χ4v) is 2.68. The third-order valence-corrected chi connectivity index (χ3v) is 4.07. The van der Waals surface area contributed by atoms with E-state index in [2.05, 4.69) is 12.2 Å². The summed E-state index contributed by atoms with van der Waals surface area (Å²) in [4.78, 5) is 26.8. The van der Waals surface area contributed by atoms with Crippen LogP contribution in [0.3, 0.4) is 0 Å². The van der Waals surface area contributed by atoms with E-state index in [9.17, 15) is 9.59 Å². The Hall–Kier alpha value is -2.62. The lowest BCUT2D eigenvalue weighted by Crippen LogP contribution is -2.31. The summed E-state index contributed by atoms with van der Waals surface area (Å²) in [7, 11) is 0. The highest BCUT2D eigenvalue weighted by Crippen LogP contribution is 2.17. The highest BCUT2D eigenvalue weighted by molar-refractivity contribution is 6.07. The number of nitrogens with zero attached hydrogens (tertiary/aromatic N) is 1. The van der Waals surface area contributed by atoms with Gasteiger partial charge in [-0.1, -0.05) is 44.0 Å². The van der Waals surface area contributed by atoms with Crippen molar-refractivity contribution < 1.29 is 9.59 Å². The van der Waals surface area contributed by atoms with Crippen LogP contribution >= 0.6 is 0 Å². The number of unbranched alkanes of at least 4 members (excludes halogenated alkanes) is 2. The van der Waals surface area contributed by atoms with Crippen LogP contribution in [0.4, 0.5) is 5.69 Å². The molecule has 0 atom stereocenters. The molecule has 132 valence electrons. The third kappa shape index (κ3) is 5.18. The summed E-state index contributed by atoms with van der Waals surface area (Å²) in [5, 5.41) is 2.91. The van der Waals surface area contributed by atoms with E-state index in [1.165, 1.54) is 0 Å². The highest BCUT2D eigenvalue weighted by Gasteiger charge is 2.17. The van der Waals surface area contributed by atoms with Crippen molar-refractivity contribution in [2.24, 2.45) is 0 Å². The molecule has 1 N–H and O–H groups in total. The van der Waals surface area contributed by atoms with Gasteiger partial charge in [0.1, 0.15) is 0 Å². The van der Waals surface area contributed by atoms with Crippen LogP contribution in [0.25, 0.3) is 0 Å². The van der Waals surface area contributed by atoms with Gasteiger partial charge in [0.25, 0.3) is 11.8 Å². The standard InChI is InChI=1S/C21H26N2O2/c1-3-5-9-15-22-20(24)17-11-10-12-18(16-17)21(25)23(4-2)19-13-7-6-8-14-19/h6-8,10-14,16H,3-5,9,15H2,1-2H3,(H,22,24). The van der Waals surface area contributed by atoms with Gasteiger partial charge in [0.05, 0.1) is 0 Å². The van der Waals surface area contributed by atoms with Gasteiger partial charge in [0.2, 0.25) is 0 Å². The van der Waals surface area contributed by atoms with Gasteiger partial charge >= 0.3 is 0 Å². The van der Waals surface area contributed by atoms with Crippen LogP contribution in [0.2, 0.25) is 0 Å². The van der Waals surface area contributed by atoms with Crippen molar-refractivity contribution in [1.29, 1.82) is 0 Å². The minimum Gasteiger partial charge on any atom is -0.352 e. The third-order valence-electron chi connectivity index (χ3n) is 4.07. The van der Waals surface area contributed by atoms with E-state index in [4.69, 9.17) is 0 Å². The number of anilines is 1. The zero-order chi connectivity index (χ0) is 18.1. The Morgan fingerprint density at radius 1 is 0.920 bits per heavy atom. The van der Waals surface area contributed by atoms with Crippen LogP contribution < -0.4 is 10.2 Å². The summed E-state index contributed by atoms with van der Waals surface area (Å²) >= 11 is 0. The molecule has 0 fully saturated rings. The smallest absolute Gasteiger partial charge is 0.258 e. The average molecular weight is 338 g/mol. The molecular weight excluding hydrogens is 312 g/mol. The molecule has 4 heteroatoms. The van der Waals surface area contributed by atoms with Gasteiger partial charge in [-0.05, 0) is 43.7 Å². The van der Waals surface area contributed by atoms with Gasteiger partial charge in [-0.15, -0.1) is 0 Å². The van der Waals surface area contributed by atoms with Gasteiger partial charge in [-0.2, -0.15) is 0 Å². The topological polar surface area (TPSA) is 49.4 Å². The minimum absolute atomic E-state index is 0.102. The lowest BCUT2D eigenvalue weighted by Gasteiger charge is -2.21. The normalized spacial score (nSPS) is 10.3. The number of rotatable bonds is 8. The molecule has 0 heterocycles. The Bertz CT molecular complexity index is 698. The molecule has 2 aromatic rings. The Balaban J connectivity index is 2.11. The van der Waals surface area contributed by atoms with Crippen LogP contribution in [0.5, 0.6) is 0 Å². The molecular formula is C21H26N2O2. The van der Waals surface area contributed by atoms with Crippen LogP contribution in [0, 0.1) is 0 Å². The van der Waals surface area contributed by atoms with Crippen molar-refractivity contribution in [2.75, 3.05) is 18.0 Å². The second-order valence-electron chi connectivity index (χ2n) is 5.93. The van der Waals surface area contributed by atoms with Gasteiger partial charge in [-0.3, -0.25) is 9.59 Å². The summed E-state index contributed by atoms with van der Waals surface area (Å²) in [6.07, 6.45) is 3.19. The van der Waals surface area contributed by atoms with Gasteiger partial charge in [-0.25, -0.2) is 0 Å². The quantitative estimate of drug-likeness (QED) is 0.731.